The van der Waals surface area contributed by atoms with E-state index in [0.29, 0.717) is 5.13 Å². The summed E-state index contributed by atoms with van der Waals surface area (Å²) >= 11 is 1.51. The van der Waals surface area contributed by atoms with Crippen LogP contribution in [0.4, 0.5) is 5.13 Å². The molecule has 1 aromatic heterocycles. The van der Waals surface area contributed by atoms with Gasteiger partial charge in [-0.1, -0.05) is 27.2 Å². The van der Waals surface area contributed by atoms with Crippen LogP contribution in [-0.4, -0.2) is 4.98 Å². The first-order valence-electron chi connectivity index (χ1n) is 4.03. The first kappa shape index (κ1) is 10.4. The van der Waals surface area contributed by atoms with Crippen LogP contribution in [0.15, 0.2) is 5.38 Å². The van der Waals surface area contributed by atoms with Crippen molar-refractivity contribution in [2.24, 2.45) is 0 Å². The zero-order chi connectivity index (χ0) is 8.69. The van der Waals surface area contributed by atoms with Gasteiger partial charge in [-0.25, -0.2) is 4.98 Å². The molecule has 0 aliphatic carbocycles. The minimum absolute atomic E-state index is 0.679. The number of nitrogens with two attached hydrogens (primary N) is 1. The zero-order valence-electron chi connectivity index (χ0n) is 7.42. The highest BCUT2D eigenvalue weighted by Crippen LogP contribution is 2.11. The molecule has 0 saturated heterocycles. The molecule has 0 aliphatic rings. The van der Waals surface area contributed by atoms with Crippen molar-refractivity contribution in [3.8, 4) is 0 Å². The van der Waals surface area contributed by atoms with Gasteiger partial charge >= 0.3 is 0 Å². The van der Waals surface area contributed by atoms with E-state index < -0.39 is 0 Å². The highest BCUT2D eigenvalue weighted by molar-refractivity contribution is 7.13. The van der Waals surface area contributed by atoms with E-state index in [-0.39, 0.29) is 0 Å². The van der Waals surface area contributed by atoms with Gasteiger partial charge in [0.05, 0.1) is 5.69 Å². The first-order chi connectivity index (χ1) is 5.33. The lowest BCUT2D eigenvalue weighted by atomic mass is 10.3. The fourth-order valence-corrected chi connectivity index (χ4v) is 1.29. The van der Waals surface area contributed by atoms with Crippen molar-refractivity contribution in [1.29, 1.82) is 0 Å². The summed E-state index contributed by atoms with van der Waals surface area (Å²) in [6.07, 6.45) is 2.19. The van der Waals surface area contributed by atoms with Crippen LogP contribution in [0, 0.1) is 0 Å². The van der Waals surface area contributed by atoms with Crippen molar-refractivity contribution in [2.45, 2.75) is 33.6 Å². The van der Waals surface area contributed by atoms with Crippen LogP contribution in [0.5, 0.6) is 0 Å². The molecule has 11 heavy (non-hydrogen) atoms. The van der Waals surface area contributed by atoms with Crippen LogP contribution in [-0.2, 0) is 6.42 Å². The fourth-order valence-electron chi connectivity index (χ4n) is 0.694. The van der Waals surface area contributed by atoms with E-state index in [1.54, 1.807) is 0 Å². The third-order valence-electron chi connectivity index (χ3n) is 1.08. The number of rotatable bonds is 2. The van der Waals surface area contributed by atoms with Gasteiger partial charge in [-0.05, 0) is 6.42 Å². The van der Waals surface area contributed by atoms with Crippen LogP contribution in [0.2, 0.25) is 0 Å². The molecule has 1 aromatic rings. The molecule has 0 saturated carbocycles. The zero-order valence-corrected chi connectivity index (χ0v) is 8.24. The maximum absolute atomic E-state index is 5.42. The van der Waals surface area contributed by atoms with Gasteiger partial charge in [-0.2, -0.15) is 0 Å². The predicted octanol–water partition coefficient (Wildman–Crippen LogP) is 2.70. The Morgan fingerprint density at radius 1 is 1.55 bits per heavy atom. The summed E-state index contributed by atoms with van der Waals surface area (Å²) in [7, 11) is 0. The smallest absolute Gasteiger partial charge is 0.180 e. The molecule has 0 spiro atoms. The average Bonchev–Trinajstić information content (AvgIpc) is 2.41. The number of nitrogens with zero attached hydrogens (tertiary/aromatic N) is 1. The Morgan fingerprint density at radius 3 is 2.55 bits per heavy atom. The van der Waals surface area contributed by atoms with Gasteiger partial charge in [0.15, 0.2) is 5.13 Å². The summed E-state index contributed by atoms with van der Waals surface area (Å²) in [5.74, 6) is 0. The van der Waals surface area contributed by atoms with Crippen molar-refractivity contribution in [1.82, 2.24) is 4.98 Å². The molecule has 0 unspecified atom stereocenters. The summed E-state index contributed by atoms with van der Waals surface area (Å²) in [5, 5.41) is 2.69. The number of anilines is 1. The molecular weight excluding hydrogens is 156 g/mol. The van der Waals surface area contributed by atoms with Crippen LogP contribution >= 0.6 is 11.3 Å². The topological polar surface area (TPSA) is 38.9 Å². The Labute approximate surface area is 72.5 Å². The Bertz CT molecular complexity index is 184. The highest BCUT2D eigenvalue weighted by Gasteiger charge is 1.94. The van der Waals surface area contributed by atoms with Crippen molar-refractivity contribution in [3.63, 3.8) is 0 Å². The molecular formula is C8H16N2S. The van der Waals surface area contributed by atoms with Crippen LogP contribution in [0.3, 0.4) is 0 Å². The fraction of sp³-hybridized carbons (Fsp3) is 0.625. The monoisotopic (exact) mass is 172 g/mol. The largest absolute Gasteiger partial charge is 0.375 e. The molecule has 64 valence electrons. The van der Waals surface area contributed by atoms with Crippen molar-refractivity contribution in [3.05, 3.63) is 11.1 Å². The van der Waals surface area contributed by atoms with E-state index in [0.717, 1.165) is 18.5 Å². The summed E-state index contributed by atoms with van der Waals surface area (Å²) in [5.41, 5.74) is 6.54. The van der Waals surface area contributed by atoms with Gasteiger partial charge in [0, 0.05) is 5.38 Å². The summed E-state index contributed by atoms with van der Waals surface area (Å²) in [6, 6.07) is 0. The maximum atomic E-state index is 5.42. The molecule has 1 heterocycles. The van der Waals surface area contributed by atoms with Crippen molar-refractivity contribution < 1.29 is 0 Å². The minimum atomic E-state index is 0.679. The van der Waals surface area contributed by atoms with E-state index in [1.807, 2.05) is 19.2 Å². The van der Waals surface area contributed by atoms with Gasteiger partial charge in [0.2, 0.25) is 0 Å². The van der Waals surface area contributed by atoms with Gasteiger partial charge in [0.1, 0.15) is 0 Å². The van der Waals surface area contributed by atoms with E-state index in [1.165, 1.54) is 11.3 Å². The van der Waals surface area contributed by atoms with E-state index >= 15 is 0 Å². The third-order valence-corrected chi connectivity index (χ3v) is 1.80. The van der Waals surface area contributed by atoms with Crippen LogP contribution < -0.4 is 5.73 Å². The molecule has 0 bridgehead atoms. The Morgan fingerprint density at radius 2 is 2.18 bits per heavy atom. The predicted molar refractivity (Wildman–Crippen MR) is 51.9 cm³/mol. The number of aryl methyl sites for hydroxylation is 1. The van der Waals surface area contributed by atoms with Gasteiger partial charge in [-0.15, -0.1) is 11.3 Å². The lowest BCUT2D eigenvalue weighted by molar-refractivity contribution is 0.894. The molecule has 3 heteroatoms. The van der Waals surface area contributed by atoms with Gasteiger partial charge in [-0.3, -0.25) is 0 Å². The maximum Gasteiger partial charge on any atom is 0.180 e. The average molecular weight is 172 g/mol. The quantitative estimate of drug-likeness (QED) is 0.745. The lowest BCUT2D eigenvalue weighted by Gasteiger charge is -1.85. The number of hydrogen-bond donors (Lipinski definition) is 1. The van der Waals surface area contributed by atoms with E-state index in [9.17, 15) is 0 Å². The van der Waals surface area contributed by atoms with E-state index in [4.69, 9.17) is 5.73 Å². The molecule has 0 radical (unpaired) electrons. The molecule has 2 N–H and O–H groups in total. The molecule has 0 amide bonds. The molecule has 0 aromatic carbocycles. The molecule has 0 aliphatic heterocycles. The minimum Gasteiger partial charge on any atom is -0.375 e. The third kappa shape index (κ3) is 3.98. The molecule has 0 fully saturated rings. The second-order valence-corrected chi connectivity index (χ2v) is 2.82. The molecule has 1 rings (SSSR count). The van der Waals surface area contributed by atoms with Crippen LogP contribution in [0.1, 0.15) is 32.9 Å². The lowest BCUT2D eigenvalue weighted by Crippen LogP contribution is -1.85. The summed E-state index contributed by atoms with van der Waals surface area (Å²) in [6.45, 7) is 6.13. The summed E-state index contributed by atoms with van der Waals surface area (Å²) < 4.78 is 0. The second kappa shape index (κ2) is 6.16. The Hall–Kier alpha value is -0.570. The van der Waals surface area contributed by atoms with Crippen LogP contribution in [0.25, 0.3) is 0 Å². The normalized spacial score (nSPS) is 8.64. The Kier molecular flexibility index (Phi) is 5.84. The first-order valence-corrected chi connectivity index (χ1v) is 4.90. The number of hydrogen-bond acceptors (Lipinski definition) is 3. The number of aromatic nitrogens is 1. The van der Waals surface area contributed by atoms with Gasteiger partial charge in [0.25, 0.3) is 0 Å². The Balaban J connectivity index is 0.000000461. The van der Waals surface area contributed by atoms with Gasteiger partial charge < -0.3 is 5.73 Å². The standard InChI is InChI=1S/C6H10N2S.C2H6/c1-2-3-5-4-9-6(7)8-5;1-2/h4H,2-3H2,1H3,(H2,7,8);1-2H3. The highest BCUT2D eigenvalue weighted by atomic mass is 32.1. The second-order valence-electron chi connectivity index (χ2n) is 1.93. The van der Waals surface area contributed by atoms with E-state index in [2.05, 4.69) is 11.9 Å². The van der Waals surface area contributed by atoms with Crippen molar-refractivity contribution in [2.75, 3.05) is 5.73 Å². The number of thiazole rings is 1. The molecule has 2 nitrogen and oxygen atoms in total. The van der Waals surface area contributed by atoms with Crippen molar-refractivity contribution >= 4 is 16.5 Å². The SMILES string of the molecule is CC.CCCc1csc(N)n1. The summed E-state index contributed by atoms with van der Waals surface area (Å²) in [4.78, 5) is 4.10. The molecule has 0 atom stereocenters. The number of nitrogen functional groups attached to an aromatic ring is 1.